The maximum atomic E-state index is 12.5. The molecule has 0 unspecified atom stereocenters. The average Bonchev–Trinajstić information content (AvgIpc) is 2.48. The second-order valence-corrected chi connectivity index (χ2v) is 5.44. The average molecular weight is 275 g/mol. The predicted octanol–water partition coefficient (Wildman–Crippen LogP) is 1.50. The van der Waals surface area contributed by atoms with Gasteiger partial charge in [-0.2, -0.15) is 0 Å². The van der Waals surface area contributed by atoms with E-state index in [0.717, 1.165) is 44.7 Å². The lowest BCUT2D eigenvalue weighted by Crippen LogP contribution is -2.50. The third kappa shape index (κ3) is 3.81. The molecule has 0 saturated carbocycles. The normalized spacial score (nSPS) is 18.7. The monoisotopic (exact) mass is 275 g/mol. The Morgan fingerprint density at radius 1 is 1.20 bits per heavy atom. The quantitative estimate of drug-likeness (QED) is 0.884. The van der Waals surface area contributed by atoms with E-state index in [4.69, 9.17) is 0 Å². The number of rotatable bonds is 5. The van der Waals surface area contributed by atoms with Gasteiger partial charge >= 0.3 is 0 Å². The van der Waals surface area contributed by atoms with Crippen LogP contribution < -0.4 is 5.32 Å². The number of benzene rings is 1. The van der Waals surface area contributed by atoms with Crippen LogP contribution >= 0.6 is 0 Å². The third-order valence-corrected chi connectivity index (χ3v) is 3.82. The van der Waals surface area contributed by atoms with Gasteiger partial charge in [-0.15, -0.1) is 0 Å². The van der Waals surface area contributed by atoms with E-state index in [9.17, 15) is 4.79 Å². The molecule has 1 atom stereocenters. The molecule has 4 heteroatoms. The number of carbonyl (C=O) groups is 1. The second kappa shape index (κ2) is 7.41. The Hall–Kier alpha value is -1.39. The summed E-state index contributed by atoms with van der Waals surface area (Å²) in [7, 11) is 2.13. The molecule has 2 rings (SSSR count). The van der Waals surface area contributed by atoms with Crippen molar-refractivity contribution in [3.63, 3.8) is 0 Å². The molecular formula is C16H25N3O. The summed E-state index contributed by atoms with van der Waals surface area (Å²) in [5.74, 6) is 0.127. The Bertz CT molecular complexity index is 413. The van der Waals surface area contributed by atoms with Crippen LogP contribution in [0.5, 0.6) is 0 Å². The van der Waals surface area contributed by atoms with Crippen molar-refractivity contribution in [1.82, 2.24) is 15.1 Å². The van der Waals surface area contributed by atoms with Crippen molar-refractivity contribution in [2.24, 2.45) is 0 Å². The molecule has 0 aromatic heterocycles. The summed E-state index contributed by atoms with van der Waals surface area (Å²) in [4.78, 5) is 17.1. The fourth-order valence-corrected chi connectivity index (χ4v) is 2.59. The Morgan fingerprint density at radius 3 is 2.45 bits per heavy atom. The van der Waals surface area contributed by atoms with Gasteiger partial charge in [0.15, 0.2) is 0 Å². The van der Waals surface area contributed by atoms with Crippen molar-refractivity contribution >= 4 is 5.91 Å². The molecule has 1 amide bonds. The first-order chi connectivity index (χ1) is 9.72. The molecule has 1 fully saturated rings. The fraction of sp³-hybridized carbons (Fsp3) is 0.562. The maximum absolute atomic E-state index is 12.5. The fourth-order valence-electron chi connectivity index (χ4n) is 2.59. The smallest absolute Gasteiger partial charge is 0.241 e. The molecule has 1 aliphatic rings. The van der Waals surface area contributed by atoms with Crippen LogP contribution in [0.15, 0.2) is 30.3 Å². The van der Waals surface area contributed by atoms with Crippen LogP contribution in [0.25, 0.3) is 0 Å². The Balaban J connectivity index is 2.13. The largest absolute Gasteiger partial charge is 0.354 e. The molecular weight excluding hydrogens is 250 g/mol. The number of carbonyl (C=O) groups excluding carboxylic acids is 1. The second-order valence-electron chi connectivity index (χ2n) is 5.44. The maximum Gasteiger partial charge on any atom is 0.241 e. The molecule has 0 spiro atoms. The van der Waals surface area contributed by atoms with E-state index in [2.05, 4.69) is 41.2 Å². The van der Waals surface area contributed by atoms with Gasteiger partial charge in [-0.05, 0) is 19.0 Å². The lowest BCUT2D eigenvalue weighted by molar-refractivity contribution is -0.127. The van der Waals surface area contributed by atoms with Gasteiger partial charge in [0.2, 0.25) is 5.91 Å². The van der Waals surface area contributed by atoms with E-state index in [0.29, 0.717) is 0 Å². The molecule has 0 aliphatic carbocycles. The van der Waals surface area contributed by atoms with E-state index >= 15 is 0 Å². The van der Waals surface area contributed by atoms with Crippen LogP contribution in [-0.4, -0.2) is 55.5 Å². The number of hydrogen-bond donors (Lipinski definition) is 1. The van der Waals surface area contributed by atoms with E-state index in [1.54, 1.807) is 0 Å². The highest BCUT2D eigenvalue weighted by molar-refractivity contribution is 5.83. The van der Waals surface area contributed by atoms with Crippen molar-refractivity contribution in [2.45, 2.75) is 19.4 Å². The van der Waals surface area contributed by atoms with Gasteiger partial charge in [0.25, 0.3) is 0 Å². The minimum absolute atomic E-state index is 0.127. The highest BCUT2D eigenvalue weighted by Crippen LogP contribution is 2.22. The summed E-state index contributed by atoms with van der Waals surface area (Å²) in [5, 5.41) is 3.05. The zero-order chi connectivity index (χ0) is 14.4. The van der Waals surface area contributed by atoms with Gasteiger partial charge in [0.05, 0.1) is 0 Å². The standard InChI is InChI=1S/C16H25N3O/c1-3-9-17-16(20)15(14-7-5-4-6-8-14)19-12-10-18(2)11-13-19/h4-8,15H,3,9-13H2,1-2H3,(H,17,20)/t15-/m0/s1. The molecule has 1 aliphatic heterocycles. The molecule has 1 saturated heterocycles. The highest BCUT2D eigenvalue weighted by atomic mass is 16.2. The number of hydrogen-bond acceptors (Lipinski definition) is 3. The van der Waals surface area contributed by atoms with Gasteiger partial charge in [-0.1, -0.05) is 37.3 Å². The Kier molecular flexibility index (Phi) is 5.56. The SMILES string of the molecule is CCCNC(=O)[C@H](c1ccccc1)N1CCN(C)CC1. The van der Waals surface area contributed by atoms with Crippen molar-refractivity contribution in [2.75, 3.05) is 39.8 Å². The number of nitrogens with one attached hydrogen (secondary N) is 1. The predicted molar refractivity (Wildman–Crippen MR) is 81.6 cm³/mol. The number of amides is 1. The molecule has 1 heterocycles. The van der Waals surface area contributed by atoms with E-state index < -0.39 is 0 Å². The highest BCUT2D eigenvalue weighted by Gasteiger charge is 2.29. The van der Waals surface area contributed by atoms with E-state index in [1.165, 1.54) is 0 Å². The van der Waals surface area contributed by atoms with Crippen molar-refractivity contribution < 1.29 is 4.79 Å². The minimum Gasteiger partial charge on any atom is -0.354 e. The summed E-state index contributed by atoms with van der Waals surface area (Å²) in [6, 6.07) is 9.95. The van der Waals surface area contributed by atoms with Crippen molar-refractivity contribution in [3.8, 4) is 0 Å². The number of likely N-dealkylation sites (N-methyl/N-ethyl adjacent to an activating group) is 1. The molecule has 0 bridgehead atoms. The van der Waals surface area contributed by atoms with Crippen LogP contribution in [0.4, 0.5) is 0 Å². The first-order valence-corrected chi connectivity index (χ1v) is 7.47. The van der Waals surface area contributed by atoms with Crippen LogP contribution in [0.3, 0.4) is 0 Å². The van der Waals surface area contributed by atoms with E-state index in [-0.39, 0.29) is 11.9 Å². The summed E-state index contributed by atoms with van der Waals surface area (Å²) < 4.78 is 0. The van der Waals surface area contributed by atoms with Gasteiger partial charge in [-0.3, -0.25) is 9.69 Å². The van der Waals surface area contributed by atoms with Crippen LogP contribution in [0.1, 0.15) is 24.9 Å². The molecule has 4 nitrogen and oxygen atoms in total. The number of piperazine rings is 1. The van der Waals surface area contributed by atoms with Crippen LogP contribution in [0, 0.1) is 0 Å². The topological polar surface area (TPSA) is 35.6 Å². The molecule has 0 radical (unpaired) electrons. The Morgan fingerprint density at radius 2 is 1.85 bits per heavy atom. The summed E-state index contributed by atoms with van der Waals surface area (Å²) in [6.07, 6.45) is 0.968. The van der Waals surface area contributed by atoms with Crippen molar-refractivity contribution in [3.05, 3.63) is 35.9 Å². The Labute approximate surface area is 121 Å². The molecule has 1 aromatic rings. The molecule has 20 heavy (non-hydrogen) atoms. The van der Waals surface area contributed by atoms with Gasteiger partial charge in [0.1, 0.15) is 6.04 Å². The first-order valence-electron chi connectivity index (χ1n) is 7.47. The molecule has 1 N–H and O–H groups in total. The van der Waals surface area contributed by atoms with Crippen LogP contribution in [-0.2, 0) is 4.79 Å². The molecule has 1 aromatic carbocycles. The zero-order valence-electron chi connectivity index (χ0n) is 12.5. The van der Waals surface area contributed by atoms with Gasteiger partial charge in [0, 0.05) is 32.7 Å². The van der Waals surface area contributed by atoms with Gasteiger partial charge < -0.3 is 10.2 Å². The summed E-state index contributed by atoms with van der Waals surface area (Å²) in [5.41, 5.74) is 1.09. The zero-order valence-corrected chi connectivity index (χ0v) is 12.5. The van der Waals surface area contributed by atoms with Gasteiger partial charge in [-0.25, -0.2) is 0 Å². The third-order valence-electron chi connectivity index (χ3n) is 3.82. The lowest BCUT2D eigenvalue weighted by Gasteiger charge is -2.37. The first kappa shape index (κ1) is 15.0. The van der Waals surface area contributed by atoms with Crippen LogP contribution in [0.2, 0.25) is 0 Å². The van der Waals surface area contributed by atoms with E-state index in [1.807, 2.05) is 18.2 Å². The lowest BCUT2D eigenvalue weighted by atomic mass is 10.0. The number of nitrogens with zero attached hydrogens (tertiary/aromatic N) is 2. The molecule has 110 valence electrons. The summed E-state index contributed by atoms with van der Waals surface area (Å²) in [6.45, 7) is 6.74. The minimum atomic E-state index is -0.156. The summed E-state index contributed by atoms with van der Waals surface area (Å²) >= 11 is 0. The van der Waals surface area contributed by atoms with Crippen molar-refractivity contribution in [1.29, 1.82) is 0 Å².